The average molecular weight is 124 g/mol. The van der Waals surface area contributed by atoms with E-state index in [1.54, 1.807) is 0 Å². The van der Waals surface area contributed by atoms with E-state index in [9.17, 15) is 0 Å². The number of hydrogen-bond donors (Lipinski definition) is 0. The van der Waals surface area contributed by atoms with Gasteiger partial charge in [0.2, 0.25) is 0 Å². The molecule has 1 saturated carbocycles. The second-order valence-corrected chi connectivity index (χ2v) is 3.25. The SMILES string of the molecule is CC(C)C1[CH]CC[CH]C1. The predicted molar refractivity (Wildman–Crippen MR) is 40.8 cm³/mol. The third-order valence-electron chi connectivity index (χ3n) is 2.14. The molecular formula is C9H16. The molecule has 0 bridgehead atoms. The lowest BCUT2D eigenvalue weighted by atomic mass is 9.82. The van der Waals surface area contributed by atoms with Crippen molar-refractivity contribution in [2.24, 2.45) is 11.8 Å². The summed E-state index contributed by atoms with van der Waals surface area (Å²) >= 11 is 0. The van der Waals surface area contributed by atoms with Crippen molar-refractivity contribution in [2.45, 2.75) is 33.1 Å². The van der Waals surface area contributed by atoms with Crippen LogP contribution in [0.15, 0.2) is 0 Å². The monoisotopic (exact) mass is 124 g/mol. The van der Waals surface area contributed by atoms with Crippen molar-refractivity contribution in [1.82, 2.24) is 0 Å². The molecule has 0 aliphatic heterocycles. The van der Waals surface area contributed by atoms with Crippen molar-refractivity contribution >= 4 is 0 Å². The van der Waals surface area contributed by atoms with Gasteiger partial charge >= 0.3 is 0 Å². The standard InChI is InChI=1S/C9H16/c1-8(2)9-6-4-3-5-7-9/h4,7-9H,3,5-6H2,1-2H3. The molecule has 52 valence electrons. The Labute approximate surface area is 58.7 Å². The Bertz CT molecular complexity index is 68.1. The van der Waals surface area contributed by atoms with E-state index < -0.39 is 0 Å². The number of hydrogen-bond acceptors (Lipinski definition) is 0. The summed E-state index contributed by atoms with van der Waals surface area (Å²) in [4.78, 5) is 0. The fourth-order valence-corrected chi connectivity index (χ4v) is 1.38. The van der Waals surface area contributed by atoms with Crippen LogP contribution in [0.4, 0.5) is 0 Å². The van der Waals surface area contributed by atoms with Crippen LogP contribution in [0.1, 0.15) is 33.1 Å². The largest absolute Gasteiger partial charge is 0.0625 e. The maximum Gasteiger partial charge on any atom is -0.0352 e. The minimum Gasteiger partial charge on any atom is -0.0625 e. The van der Waals surface area contributed by atoms with Gasteiger partial charge in [-0.25, -0.2) is 0 Å². The number of rotatable bonds is 1. The molecular weight excluding hydrogens is 108 g/mol. The lowest BCUT2D eigenvalue weighted by Gasteiger charge is -2.24. The molecule has 1 unspecified atom stereocenters. The minimum atomic E-state index is 0.849. The first-order valence-corrected chi connectivity index (χ1v) is 3.95. The predicted octanol–water partition coefficient (Wildman–Crippen LogP) is 2.85. The highest BCUT2D eigenvalue weighted by molar-refractivity contribution is 4.89. The van der Waals surface area contributed by atoms with Crippen LogP contribution in [-0.2, 0) is 0 Å². The molecule has 9 heavy (non-hydrogen) atoms. The average Bonchev–Trinajstić information content (AvgIpc) is 1.90. The van der Waals surface area contributed by atoms with Gasteiger partial charge in [0.25, 0.3) is 0 Å². The lowest BCUT2D eigenvalue weighted by Crippen LogP contribution is -2.13. The van der Waals surface area contributed by atoms with E-state index in [-0.39, 0.29) is 0 Å². The van der Waals surface area contributed by atoms with E-state index in [0.29, 0.717) is 0 Å². The molecule has 0 aromatic heterocycles. The molecule has 0 N–H and O–H groups in total. The Kier molecular flexibility index (Phi) is 2.56. The highest BCUT2D eigenvalue weighted by Gasteiger charge is 2.16. The van der Waals surface area contributed by atoms with Crippen LogP contribution in [0.5, 0.6) is 0 Å². The zero-order valence-corrected chi connectivity index (χ0v) is 6.43. The van der Waals surface area contributed by atoms with Crippen molar-refractivity contribution in [3.63, 3.8) is 0 Å². The van der Waals surface area contributed by atoms with Gasteiger partial charge < -0.3 is 0 Å². The molecule has 1 rings (SSSR count). The molecule has 0 saturated heterocycles. The Morgan fingerprint density at radius 1 is 1.33 bits per heavy atom. The van der Waals surface area contributed by atoms with Gasteiger partial charge in [0.15, 0.2) is 0 Å². The molecule has 2 radical (unpaired) electrons. The smallest absolute Gasteiger partial charge is 0.0352 e. The Morgan fingerprint density at radius 2 is 2.11 bits per heavy atom. The zero-order chi connectivity index (χ0) is 6.69. The van der Waals surface area contributed by atoms with Crippen LogP contribution in [0.25, 0.3) is 0 Å². The molecule has 0 amide bonds. The van der Waals surface area contributed by atoms with Gasteiger partial charge in [0.1, 0.15) is 0 Å². The second-order valence-electron chi connectivity index (χ2n) is 3.25. The molecule has 0 nitrogen and oxygen atoms in total. The maximum atomic E-state index is 2.48. The van der Waals surface area contributed by atoms with Crippen LogP contribution < -0.4 is 0 Å². The summed E-state index contributed by atoms with van der Waals surface area (Å²) in [6.07, 6.45) is 8.83. The van der Waals surface area contributed by atoms with Crippen LogP contribution >= 0.6 is 0 Å². The van der Waals surface area contributed by atoms with Crippen LogP contribution in [0.3, 0.4) is 0 Å². The van der Waals surface area contributed by atoms with Gasteiger partial charge in [-0.05, 0) is 43.9 Å². The fraction of sp³-hybridized carbons (Fsp3) is 0.778. The zero-order valence-electron chi connectivity index (χ0n) is 6.43. The van der Waals surface area contributed by atoms with E-state index in [4.69, 9.17) is 0 Å². The summed E-state index contributed by atoms with van der Waals surface area (Å²) in [6, 6.07) is 0. The molecule has 0 aromatic carbocycles. The molecule has 0 heteroatoms. The highest BCUT2D eigenvalue weighted by atomic mass is 14.2. The third-order valence-corrected chi connectivity index (χ3v) is 2.14. The molecule has 1 aliphatic carbocycles. The van der Waals surface area contributed by atoms with Gasteiger partial charge in [-0.1, -0.05) is 13.8 Å². The molecule has 1 aliphatic rings. The fourth-order valence-electron chi connectivity index (χ4n) is 1.38. The van der Waals surface area contributed by atoms with Crippen molar-refractivity contribution in [3.8, 4) is 0 Å². The highest BCUT2D eigenvalue weighted by Crippen LogP contribution is 2.27. The second kappa shape index (κ2) is 3.24. The molecule has 1 atom stereocenters. The summed E-state index contributed by atoms with van der Waals surface area (Å²) < 4.78 is 0. The van der Waals surface area contributed by atoms with Crippen molar-refractivity contribution in [1.29, 1.82) is 0 Å². The first-order valence-electron chi connectivity index (χ1n) is 3.95. The van der Waals surface area contributed by atoms with Crippen LogP contribution in [0.2, 0.25) is 0 Å². The summed E-state index contributed by atoms with van der Waals surface area (Å²) in [5.74, 6) is 1.72. The van der Waals surface area contributed by atoms with Crippen molar-refractivity contribution in [3.05, 3.63) is 12.8 Å². The maximum absolute atomic E-state index is 2.48. The normalized spacial score (nSPS) is 23.0. The van der Waals surface area contributed by atoms with Crippen LogP contribution in [0, 0.1) is 24.7 Å². The minimum absolute atomic E-state index is 0.849. The van der Waals surface area contributed by atoms with Gasteiger partial charge in [0.05, 0.1) is 0 Å². The third kappa shape index (κ3) is 2.00. The van der Waals surface area contributed by atoms with Crippen molar-refractivity contribution in [2.75, 3.05) is 0 Å². The van der Waals surface area contributed by atoms with Crippen LogP contribution in [-0.4, -0.2) is 0 Å². The van der Waals surface area contributed by atoms with E-state index in [0.717, 1.165) is 11.8 Å². The van der Waals surface area contributed by atoms with Gasteiger partial charge in [-0.2, -0.15) is 0 Å². The molecule has 0 spiro atoms. The van der Waals surface area contributed by atoms with Crippen molar-refractivity contribution < 1.29 is 0 Å². The first kappa shape index (κ1) is 7.11. The van der Waals surface area contributed by atoms with E-state index >= 15 is 0 Å². The van der Waals surface area contributed by atoms with E-state index in [1.807, 2.05) is 0 Å². The summed E-state index contributed by atoms with van der Waals surface area (Å²) in [5, 5.41) is 0. The van der Waals surface area contributed by atoms with Gasteiger partial charge in [0, 0.05) is 0 Å². The van der Waals surface area contributed by atoms with Gasteiger partial charge in [-0.15, -0.1) is 0 Å². The topological polar surface area (TPSA) is 0 Å². The summed E-state index contributed by atoms with van der Waals surface area (Å²) in [6.45, 7) is 4.61. The van der Waals surface area contributed by atoms with E-state index in [1.165, 1.54) is 19.3 Å². The lowest BCUT2D eigenvalue weighted by molar-refractivity contribution is 0.392. The Hall–Kier alpha value is 0. The first-order chi connectivity index (χ1) is 4.30. The summed E-state index contributed by atoms with van der Waals surface area (Å²) in [5.41, 5.74) is 0. The summed E-state index contributed by atoms with van der Waals surface area (Å²) in [7, 11) is 0. The quantitative estimate of drug-likeness (QED) is 0.504. The molecule has 0 aromatic rings. The Morgan fingerprint density at radius 3 is 2.44 bits per heavy atom. The molecule has 0 heterocycles. The van der Waals surface area contributed by atoms with E-state index in [2.05, 4.69) is 26.7 Å². The van der Waals surface area contributed by atoms with Gasteiger partial charge in [-0.3, -0.25) is 0 Å². The molecule has 1 fully saturated rings. The Balaban J connectivity index is 2.23.